The van der Waals surface area contributed by atoms with Crippen molar-refractivity contribution in [3.8, 4) is 5.75 Å². The maximum absolute atomic E-state index is 5.92. The zero-order chi connectivity index (χ0) is 16.8. The van der Waals surface area contributed by atoms with E-state index >= 15 is 0 Å². The van der Waals surface area contributed by atoms with Gasteiger partial charge in [0.15, 0.2) is 11.8 Å². The van der Waals surface area contributed by atoms with Crippen molar-refractivity contribution in [1.29, 1.82) is 0 Å². The molecule has 7 heteroatoms. The standard InChI is InChI=1S/C17H15ClN4OS/c18-13-5-4-8-16(9-13)23-12-22-11-15(10-19-22)21-17(24)20-14-6-2-1-3-7-14/h1-11H,12H2,(H2,20,21,24). The van der Waals surface area contributed by atoms with Crippen LogP contribution in [0.1, 0.15) is 0 Å². The van der Waals surface area contributed by atoms with Crippen molar-refractivity contribution in [2.45, 2.75) is 6.73 Å². The highest BCUT2D eigenvalue weighted by molar-refractivity contribution is 7.80. The molecule has 24 heavy (non-hydrogen) atoms. The molecule has 0 radical (unpaired) electrons. The summed E-state index contributed by atoms with van der Waals surface area (Å²) in [5.41, 5.74) is 1.70. The molecule has 3 rings (SSSR count). The van der Waals surface area contributed by atoms with Gasteiger partial charge in [0, 0.05) is 10.7 Å². The van der Waals surface area contributed by atoms with E-state index in [-0.39, 0.29) is 6.73 Å². The Labute approximate surface area is 150 Å². The zero-order valence-corrected chi connectivity index (χ0v) is 14.2. The van der Waals surface area contributed by atoms with Gasteiger partial charge in [-0.15, -0.1) is 0 Å². The van der Waals surface area contributed by atoms with E-state index in [1.165, 1.54) is 0 Å². The van der Waals surface area contributed by atoms with Gasteiger partial charge in [-0.25, -0.2) is 4.68 Å². The first kappa shape index (κ1) is 16.3. The number of halogens is 1. The first-order valence-electron chi connectivity index (χ1n) is 7.23. The molecule has 0 fully saturated rings. The largest absolute Gasteiger partial charge is 0.471 e. The fourth-order valence-electron chi connectivity index (χ4n) is 2.01. The van der Waals surface area contributed by atoms with Gasteiger partial charge in [-0.1, -0.05) is 35.9 Å². The van der Waals surface area contributed by atoms with Crippen LogP contribution in [0.4, 0.5) is 11.4 Å². The Morgan fingerprint density at radius 3 is 2.67 bits per heavy atom. The third-order valence-electron chi connectivity index (χ3n) is 3.08. The highest BCUT2D eigenvalue weighted by Gasteiger charge is 2.03. The number of para-hydroxylation sites is 1. The molecule has 0 saturated heterocycles. The first-order chi connectivity index (χ1) is 11.7. The molecular weight excluding hydrogens is 344 g/mol. The maximum atomic E-state index is 5.92. The number of nitrogens with one attached hydrogen (secondary N) is 2. The molecule has 0 atom stereocenters. The number of ether oxygens (including phenoxy) is 1. The van der Waals surface area contributed by atoms with E-state index in [2.05, 4.69) is 15.7 Å². The van der Waals surface area contributed by atoms with E-state index in [0.717, 1.165) is 11.4 Å². The smallest absolute Gasteiger partial charge is 0.180 e. The summed E-state index contributed by atoms with van der Waals surface area (Å²) in [7, 11) is 0. The fourth-order valence-corrected chi connectivity index (χ4v) is 2.43. The van der Waals surface area contributed by atoms with E-state index in [9.17, 15) is 0 Å². The average molecular weight is 359 g/mol. The van der Waals surface area contributed by atoms with Gasteiger partial charge in [0.25, 0.3) is 0 Å². The molecular formula is C17H15ClN4OS. The third-order valence-corrected chi connectivity index (χ3v) is 3.52. The van der Waals surface area contributed by atoms with Crippen LogP contribution in [-0.2, 0) is 6.73 Å². The van der Waals surface area contributed by atoms with Crippen molar-refractivity contribution in [3.63, 3.8) is 0 Å². The lowest BCUT2D eigenvalue weighted by Crippen LogP contribution is -2.18. The van der Waals surface area contributed by atoms with Gasteiger partial charge in [-0.3, -0.25) is 0 Å². The number of hydrogen-bond acceptors (Lipinski definition) is 3. The molecule has 122 valence electrons. The van der Waals surface area contributed by atoms with Gasteiger partial charge in [-0.2, -0.15) is 5.10 Å². The lowest BCUT2D eigenvalue weighted by atomic mass is 10.3. The van der Waals surface area contributed by atoms with Crippen LogP contribution in [0.15, 0.2) is 67.0 Å². The number of rotatable bonds is 5. The number of benzene rings is 2. The minimum atomic E-state index is 0.279. The fraction of sp³-hybridized carbons (Fsp3) is 0.0588. The van der Waals surface area contributed by atoms with E-state index in [1.54, 1.807) is 23.0 Å². The van der Waals surface area contributed by atoms with Crippen molar-refractivity contribution in [1.82, 2.24) is 9.78 Å². The zero-order valence-electron chi connectivity index (χ0n) is 12.6. The minimum absolute atomic E-state index is 0.279. The topological polar surface area (TPSA) is 51.1 Å². The summed E-state index contributed by atoms with van der Waals surface area (Å²) < 4.78 is 7.29. The number of aromatic nitrogens is 2. The van der Waals surface area contributed by atoms with Crippen LogP contribution in [0.3, 0.4) is 0 Å². The molecule has 2 aromatic carbocycles. The summed E-state index contributed by atoms with van der Waals surface area (Å²) in [6, 6.07) is 16.9. The molecule has 0 unspecified atom stereocenters. The number of nitrogens with zero attached hydrogens (tertiary/aromatic N) is 2. The molecule has 5 nitrogen and oxygen atoms in total. The van der Waals surface area contributed by atoms with Crippen molar-refractivity contribution in [3.05, 3.63) is 72.0 Å². The number of hydrogen-bond donors (Lipinski definition) is 2. The third kappa shape index (κ3) is 4.71. The van der Waals surface area contributed by atoms with Crippen LogP contribution in [0.2, 0.25) is 5.02 Å². The molecule has 2 N–H and O–H groups in total. The van der Waals surface area contributed by atoms with Crippen LogP contribution in [0, 0.1) is 0 Å². The van der Waals surface area contributed by atoms with Crippen molar-refractivity contribution in [2.75, 3.05) is 10.6 Å². The molecule has 0 aliphatic rings. The van der Waals surface area contributed by atoms with Crippen LogP contribution >= 0.6 is 23.8 Å². The normalized spacial score (nSPS) is 10.2. The lowest BCUT2D eigenvalue weighted by molar-refractivity contribution is 0.221. The Balaban J connectivity index is 1.52. The van der Waals surface area contributed by atoms with Gasteiger partial charge in [0.1, 0.15) is 5.75 Å². The van der Waals surface area contributed by atoms with Gasteiger partial charge >= 0.3 is 0 Å². The molecule has 0 aliphatic carbocycles. The van der Waals surface area contributed by atoms with Crippen LogP contribution in [0.25, 0.3) is 0 Å². The molecule has 0 aliphatic heterocycles. The second kappa shape index (κ2) is 7.81. The predicted molar refractivity (Wildman–Crippen MR) is 101 cm³/mol. The monoisotopic (exact) mass is 358 g/mol. The van der Waals surface area contributed by atoms with E-state index in [4.69, 9.17) is 28.6 Å². The van der Waals surface area contributed by atoms with E-state index < -0.39 is 0 Å². The van der Waals surface area contributed by atoms with E-state index in [0.29, 0.717) is 15.9 Å². The Bertz CT molecular complexity index is 822. The molecule has 0 saturated carbocycles. The number of thiocarbonyl (C=S) groups is 1. The SMILES string of the molecule is S=C(Nc1ccccc1)Nc1cnn(COc2cccc(Cl)c2)c1. The van der Waals surface area contributed by atoms with Crippen molar-refractivity contribution in [2.24, 2.45) is 0 Å². The summed E-state index contributed by atoms with van der Waals surface area (Å²) in [4.78, 5) is 0. The molecule has 0 bridgehead atoms. The Kier molecular flexibility index (Phi) is 5.30. The lowest BCUT2D eigenvalue weighted by Gasteiger charge is -2.08. The van der Waals surface area contributed by atoms with Crippen molar-refractivity contribution < 1.29 is 4.74 Å². The van der Waals surface area contributed by atoms with Gasteiger partial charge in [0.05, 0.1) is 18.1 Å². The maximum Gasteiger partial charge on any atom is 0.180 e. The predicted octanol–water partition coefficient (Wildman–Crippen LogP) is 4.38. The van der Waals surface area contributed by atoms with Crippen LogP contribution in [-0.4, -0.2) is 14.9 Å². The van der Waals surface area contributed by atoms with Crippen LogP contribution in [0.5, 0.6) is 5.75 Å². The summed E-state index contributed by atoms with van der Waals surface area (Å²) in [6.45, 7) is 0.279. The summed E-state index contributed by atoms with van der Waals surface area (Å²) in [6.07, 6.45) is 3.49. The number of anilines is 2. The molecule has 1 aromatic heterocycles. The van der Waals surface area contributed by atoms with Gasteiger partial charge in [-0.05, 0) is 42.5 Å². The van der Waals surface area contributed by atoms with Crippen LogP contribution < -0.4 is 15.4 Å². The quantitative estimate of drug-likeness (QED) is 0.663. The minimum Gasteiger partial charge on any atom is -0.471 e. The van der Waals surface area contributed by atoms with Crippen molar-refractivity contribution >= 4 is 40.3 Å². The summed E-state index contributed by atoms with van der Waals surface area (Å²) >= 11 is 11.2. The Hall–Kier alpha value is -2.57. The highest BCUT2D eigenvalue weighted by atomic mass is 35.5. The second-order valence-electron chi connectivity index (χ2n) is 4.94. The second-order valence-corrected chi connectivity index (χ2v) is 5.79. The van der Waals surface area contributed by atoms with E-state index in [1.807, 2.05) is 48.7 Å². The highest BCUT2D eigenvalue weighted by Crippen LogP contribution is 2.17. The molecule has 0 amide bonds. The Morgan fingerprint density at radius 2 is 1.88 bits per heavy atom. The molecule has 0 spiro atoms. The summed E-state index contributed by atoms with van der Waals surface area (Å²) in [5, 5.41) is 11.5. The molecule has 1 heterocycles. The first-order valence-corrected chi connectivity index (χ1v) is 8.01. The molecule has 3 aromatic rings. The Morgan fingerprint density at radius 1 is 1.08 bits per heavy atom. The van der Waals surface area contributed by atoms with Gasteiger partial charge in [0.2, 0.25) is 0 Å². The van der Waals surface area contributed by atoms with Gasteiger partial charge < -0.3 is 15.4 Å². The average Bonchev–Trinajstić information content (AvgIpc) is 3.01. The summed E-state index contributed by atoms with van der Waals surface area (Å²) in [5.74, 6) is 0.689.